The minimum Gasteiger partial charge on any atom is -0.325 e. The predicted octanol–water partition coefficient (Wildman–Crippen LogP) is 6.26. The number of hydrogen-bond donors (Lipinski definition) is 2. The second kappa shape index (κ2) is 12.9. The van der Waals surface area contributed by atoms with E-state index in [0.717, 1.165) is 42.6 Å². The summed E-state index contributed by atoms with van der Waals surface area (Å²) in [6.45, 7) is 2.74. The van der Waals surface area contributed by atoms with Crippen molar-refractivity contribution in [3.8, 4) is 0 Å². The number of nitrogens with one attached hydrogen (secondary N) is 2. The number of para-hydroxylation sites is 2. The van der Waals surface area contributed by atoms with Crippen molar-refractivity contribution in [2.75, 3.05) is 13.6 Å². The van der Waals surface area contributed by atoms with Gasteiger partial charge in [0, 0.05) is 35.5 Å². The van der Waals surface area contributed by atoms with Crippen LogP contribution in [0.3, 0.4) is 0 Å². The molecule has 6 atom stereocenters. The summed E-state index contributed by atoms with van der Waals surface area (Å²) >= 11 is 6.95. The van der Waals surface area contributed by atoms with Crippen molar-refractivity contribution in [3.63, 3.8) is 0 Å². The number of aryl methyl sites for hydroxylation is 1. The fourth-order valence-electron chi connectivity index (χ4n) is 8.99. The van der Waals surface area contributed by atoms with Gasteiger partial charge in [-0.2, -0.15) is 0 Å². The molecule has 8 nitrogen and oxygen atoms in total. The number of carbonyl (C=O) groups is 1. The lowest BCUT2D eigenvalue weighted by atomic mass is 9.64. The smallest absolute Gasteiger partial charge is 0.253 e. The molecular weight excluding hydrogens is 649 g/mol. The van der Waals surface area contributed by atoms with E-state index in [1.807, 2.05) is 36.4 Å². The van der Waals surface area contributed by atoms with Crippen LogP contribution in [0.5, 0.6) is 0 Å². The van der Waals surface area contributed by atoms with Crippen molar-refractivity contribution in [1.29, 1.82) is 0 Å². The second-order valence-corrected chi connectivity index (χ2v) is 16.4. The number of benzene rings is 3. The molecule has 2 N–H and O–H groups in total. The van der Waals surface area contributed by atoms with Crippen LogP contribution in [0.2, 0.25) is 0 Å². The quantitative estimate of drug-likeness (QED) is 0.160. The zero-order valence-corrected chi connectivity index (χ0v) is 28.9. The van der Waals surface area contributed by atoms with E-state index >= 15 is 4.39 Å². The molecule has 2 bridgehead atoms. The maximum absolute atomic E-state index is 17.0. The Morgan fingerprint density at radius 3 is 2.23 bits per heavy atom. The van der Waals surface area contributed by atoms with Gasteiger partial charge in [0.1, 0.15) is 5.82 Å². The van der Waals surface area contributed by atoms with Gasteiger partial charge in [-0.1, -0.05) is 60.7 Å². The summed E-state index contributed by atoms with van der Waals surface area (Å²) in [5.41, 5.74) is 2.29. The van der Waals surface area contributed by atoms with Crippen LogP contribution in [-0.2, 0) is 15.4 Å². The van der Waals surface area contributed by atoms with E-state index in [0.29, 0.717) is 31.1 Å². The number of hydrogen-bond acceptors (Lipinski definition) is 5. The highest BCUT2D eigenvalue weighted by atomic mass is 35.5. The Bertz CT molecular complexity index is 1880. The topological polar surface area (TPSA) is 96.3 Å². The van der Waals surface area contributed by atoms with Crippen molar-refractivity contribution in [2.24, 2.45) is 0 Å². The first-order chi connectivity index (χ1) is 23.0. The van der Waals surface area contributed by atoms with E-state index in [1.54, 1.807) is 30.3 Å². The third-order valence-corrected chi connectivity index (χ3v) is 13.8. The number of rotatable bonds is 9. The third-order valence-electron chi connectivity index (χ3n) is 11.3. The highest BCUT2D eigenvalue weighted by Gasteiger charge is 2.60. The zero-order valence-electron chi connectivity index (χ0n) is 27.4. The largest absolute Gasteiger partial charge is 0.325 e. The molecule has 0 radical (unpaired) electrons. The molecule has 3 fully saturated rings. The number of aromatic nitrogens is 2. The summed E-state index contributed by atoms with van der Waals surface area (Å²) < 4.78 is 49.8. The minimum atomic E-state index is -4.03. The lowest BCUT2D eigenvalue weighted by Gasteiger charge is -2.51. The molecule has 254 valence electrons. The Hall–Kier alpha value is -3.31. The second-order valence-electron chi connectivity index (χ2n) is 13.8. The molecule has 1 aromatic heterocycles. The summed E-state index contributed by atoms with van der Waals surface area (Å²) in [6.07, 6.45) is 4.21. The van der Waals surface area contributed by atoms with Gasteiger partial charge in [-0.25, -0.2) is 22.5 Å². The Morgan fingerprint density at radius 2 is 1.56 bits per heavy atom. The fraction of sp³-hybridized carbons (Fsp3) is 0.459. The van der Waals surface area contributed by atoms with Crippen LogP contribution in [-0.4, -0.2) is 70.9 Å². The van der Waals surface area contributed by atoms with Crippen molar-refractivity contribution >= 4 is 38.6 Å². The van der Waals surface area contributed by atoms with Crippen LogP contribution in [0.15, 0.2) is 84.9 Å². The van der Waals surface area contributed by atoms with Gasteiger partial charge in [0.05, 0.1) is 21.7 Å². The summed E-state index contributed by atoms with van der Waals surface area (Å²) in [4.78, 5) is 20.5. The number of alkyl halides is 2. The number of nitrogens with zero attached hydrogens (tertiary/aromatic N) is 3. The van der Waals surface area contributed by atoms with Gasteiger partial charge in [-0.3, -0.25) is 9.69 Å². The van der Waals surface area contributed by atoms with Crippen molar-refractivity contribution < 1.29 is 17.6 Å². The number of piperidine rings is 1. The molecule has 1 aliphatic carbocycles. The number of amides is 1. The first-order valence-corrected chi connectivity index (χ1v) is 18.9. The number of imidazole rings is 1. The van der Waals surface area contributed by atoms with Crippen LogP contribution >= 0.6 is 11.6 Å². The lowest BCUT2D eigenvalue weighted by molar-refractivity contribution is 0.0299. The van der Waals surface area contributed by atoms with Gasteiger partial charge in [0.25, 0.3) is 5.91 Å². The average molecular weight is 692 g/mol. The molecule has 6 unspecified atom stereocenters. The fourth-order valence-corrected chi connectivity index (χ4v) is 11.1. The Balaban J connectivity index is 1.18. The van der Waals surface area contributed by atoms with E-state index in [1.165, 1.54) is 12.6 Å². The van der Waals surface area contributed by atoms with Gasteiger partial charge in [0.15, 0.2) is 0 Å². The minimum absolute atomic E-state index is 0.0434. The van der Waals surface area contributed by atoms with Gasteiger partial charge >= 0.3 is 0 Å². The molecule has 7 rings (SSSR count). The molecule has 11 heteroatoms. The predicted molar refractivity (Wildman–Crippen MR) is 187 cm³/mol. The molecule has 3 aromatic carbocycles. The summed E-state index contributed by atoms with van der Waals surface area (Å²) in [6, 6.07) is 27.2. The van der Waals surface area contributed by atoms with E-state index in [2.05, 4.69) is 44.6 Å². The van der Waals surface area contributed by atoms with Crippen molar-refractivity contribution in [2.45, 2.75) is 91.8 Å². The number of carbonyl (C=O) groups excluding carboxylic acids is 1. The van der Waals surface area contributed by atoms with Gasteiger partial charge < -0.3 is 9.88 Å². The molecule has 3 aliphatic rings. The number of fused-ring (bicyclic) bond motifs is 3. The van der Waals surface area contributed by atoms with Crippen LogP contribution in [0.4, 0.5) is 4.39 Å². The van der Waals surface area contributed by atoms with E-state index in [4.69, 9.17) is 16.6 Å². The molecule has 0 spiro atoms. The van der Waals surface area contributed by atoms with Gasteiger partial charge in [0.2, 0.25) is 15.8 Å². The van der Waals surface area contributed by atoms with Crippen LogP contribution in [0, 0.1) is 6.92 Å². The van der Waals surface area contributed by atoms with Gasteiger partial charge in [-0.05, 0) is 88.9 Å². The number of sulfonamides is 1. The summed E-state index contributed by atoms with van der Waals surface area (Å²) in [7, 11) is -2.66. The third kappa shape index (κ3) is 5.84. The van der Waals surface area contributed by atoms with E-state index < -0.39 is 44.2 Å². The maximum atomic E-state index is 17.0. The molecule has 48 heavy (non-hydrogen) atoms. The molecule has 3 heterocycles. The highest BCUT2D eigenvalue weighted by molar-refractivity contribution is 7.90. The Labute approximate surface area is 287 Å². The standard InChI is InChI=1S/C37H43ClFN5O3S/c1-25-41-31-15-9-10-16-32(31)44(25)30-21-28-17-18-29(22-30)43(28)20-19-36(27-13-7-4-8-14-27)23-33(38)37(39,24-34(36)48(46,47)40-2)42-35(45)26-11-5-3-6-12-26/h3-16,28-30,33-34,40H,17-24H2,1-2H3,(H,42,45). The molecular formula is C37H43ClFN5O3S. The van der Waals surface area contributed by atoms with Crippen LogP contribution in [0.25, 0.3) is 11.0 Å². The molecule has 2 aliphatic heterocycles. The van der Waals surface area contributed by atoms with Gasteiger partial charge in [-0.15, -0.1) is 11.6 Å². The van der Waals surface area contributed by atoms with Crippen molar-refractivity contribution in [3.05, 3.63) is 102 Å². The lowest BCUT2D eigenvalue weighted by Crippen LogP contribution is -2.65. The van der Waals surface area contributed by atoms with E-state index in [-0.39, 0.29) is 12.0 Å². The number of halogens is 2. The zero-order chi connectivity index (χ0) is 33.7. The van der Waals surface area contributed by atoms with Crippen LogP contribution < -0.4 is 10.0 Å². The normalized spacial score (nSPS) is 30.8. The molecule has 1 saturated carbocycles. The molecule has 4 aromatic rings. The molecule has 1 amide bonds. The monoisotopic (exact) mass is 691 g/mol. The Kier molecular flexibility index (Phi) is 8.89. The Morgan fingerprint density at radius 1 is 0.938 bits per heavy atom. The highest BCUT2D eigenvalue weighted by Crippen LogP contribution is 2.52. The molecule has 2 saturated heterocycles. The summed E-state index contributed by atoms with van der Waals surface area (Å²) in [5.74, 6) is -2.04. The van der Waals surface area contributed by atoms with Crippen molar-refractivity contribution in [1.82, 2.24) is 24.5 Å². The first kappa shape index (κ1) is 33.2. The van der Waals surface area contributed by atoms with Crippen LogP contribution in [0.1, 0.15) is 72.7 Å². The average Bonchev–Trinajstić information content (AvgIpc) is 3.55. The first-order valence-electron chi connectivity index (χ1n) is 16.9. The van der Waals surface area contributed by atoms with E-state index in [9.17, 15) is 13.2 Å². The SMILES string of the molecule is CNS(=O)(=O)C1CC(F)(NC(=O)c2ccccc2)C(Cl)CC1(CCN1C2CCC1CC(n1c(C)nc3ccccc31)C2)c1ccccc1. The maximum Gasteiger partial charge on any atom is 0.253 e. The summed E-state index contributed by atoms with van der Waals surface area (Å²) in [5, 5.41) is 0.158.